The lowest BCUT2D eigenvalue weighted by molar-refractivity contribution is 0.455. The first-order valence-corrected chi connectivity index (χ1v) is 6.71. The monoisotopic (exact) mass is 396 g/mol. The molecule has 0 saturated carbocycles. The average molecular weight is 399 g/mol. The van der Waals surface area contributed by atoms with Gasteiger partial charge in [-0.15, -0.1) is 0 Å². The highest BCUT2D eigenvalue weighted by molar-refractivity contribution is 9.11. The van der Waals surface area contributed by atoms with Crippen molar-refractivity contribution < 1.29 is 4.74 Å². The second kappa shape index (κ2) is 5.52. The summed E-state index contributed by atoms with van der Waals surface area (Å²) in [5.74, 6) is 0.929. The van der Waals surface area contributed by atoms with Crippen LogP contribution < -0.4 is 4.74 Å². The van der Waals surface area contributed by atoms with Gasteiger partial charge in [-0.2, -0.15) is 0 Å². The van der Waals surface area contributed by atoms with E-state index >= 15 is 0 Å². The van der Waals surface area contributed by atoms with Gasteiger partial charge in [-0.1, -0.05) is 23.2 Å². The van der Waals surface area contributed by atoms with Crippen molar-refractivity contribution in [2.24, 2.45) is 0 Å². The number of aromatic nitrogens is 2. The molecule has 2 aromatic rings. The fourth-order valence-corrected chi connectivity index (χ4v) is 2.24. The lowest BCUT2D eigenvalue weighted by Gasteiger charge is -2.08. The van der Waals surface area contributed by atoms with Crippen LogP contribution >= 0.6 is 55.1 Å². The van der Waals surface area contributed by atoms with Crippen molar-refractivity contribution in [2.45, 2.75) is 0 Å². The SMILES string of the molecule is Clc1ccc(Oc2ncnc(Cl)c2Br)c(Br)c1. The van der Waals surface area contributed by atoms with E-state index in [0.29, 0.717) is 26.3 Å². The third-order valence-corrected chi connectivity index (χ3v) is 3.90. The fraction of sp³-hybridized carbons (Fsp3) is 0. The molecule has 0 amide bonds. The van der Waals surface area contributed by atoms with E-state index in [2.05, 4.69) is 41.8 Å². The summed E-state index contributed by atoms with van der Waals surface area (Å²) in [4.78, 5) is 7.79. The molecule has 0 fully saturated rings. The minimum Gasteiger partial charge on any atom is -0.437 e. The molecule has 0 aliphatic heterocycles. The van der Waals surface area contributed by atoms with Crippen LogP contribution in [0.15, 0.2) is 33.5 Å². The quantitative estimate of drug-likeness (QED) is 0.660. The van der Waals surface area contributed by atoms with E-state index in [1.807, 2.05) is 0 Å². The maximum atomic E-state index is 5.83. The van der Waals surface area contributed by atoms with Crippen molar-refractivity contribution >= 4 is 55.1 Å². The molecule has 7 heteroatoms. The molecule has 0 saturated heterocycles. The molecule has 1 aromatic heterocycles. The van der Waals surface area contributed by atoms with Gasteiger partial charge in [0.1, 0.15) is 16.5 Å². The molecule has 1 aromatic carbocycles. The number of hydrogen-bond acceptors (Lipinski definition) is 3. The Morgan fingerprint density at radius 2 is 1.88 bits per heavy atom. The maximum absolute atomic E-state index is 5.83. The molecular formula is C10H4Br2Cl2N2O. The normalized spacial score (nSPS) is 10.4. The molecule has 88 valence electrons. The second-order valence-electron chi connectivity index (χ2n) is 2.96. The molecule has 17 heavy (non-hydrogen) atoms. The molecule has 0 unspecified atom stereocenters. The van der Waals surface area contributed by atoms with Crippen LogP contribution in [0.3, 0.4) is 0 Å². The first-order valence-electron chi connectivity index (χ1n) is 4.37. The first-order chi connectivity index (χ1) is 8.08. The van der Waals surface area contributed by atoms with Gasteiger partial charge in [-0.3, -0.25) is 0 Å². The predicted molar refractivity (Wildman–Crippen MR) is 74.0 cm³/mol. The highest BCUT2D eigenvalue weighted by Crippen LogP contribution is 2.35. The fourth-order valence-electron chi connectivity index (χ4n) is 1.07. The van der Waals surface area contributed by atoms with Gasteiger partial charge in [0, 0.05) is 5.02 Å². The van der Waals surface area contributed by atoms with Crippen LogP contribution in [0, 0.1) is 0 Å². The Balaban J connectivity index is 2.35. The summed E-state index contributed by atoms with van der Waals surface area (Å²) >= 11 is 18.3. The number of ether oxygens (including phenoxy) is 1. The molecule has 3 nitrogen and oxygen atoms in total. The van der Waals surface area contributed by atoms with E-state index in [1.54, 1.807) is 18.2 Å². The van der Waals surface area contributed by atoms with Crippen LogP contribution in [0.25, 0.3) is 0 Å². The van der Waals surface area contributed by atoms with Crippen molar-refractivity contribution in [2.75, 3.05) is 0 Å². The molecular weight excluding hydrogens is 395 g/mol. The summed E-state index contributed by atoms with van der Waals surface area (Å²) in [6, 6.07) is 5.18. The number of hydrogen-bond donors (Lipinski definition) is 0. The Morgan fingerprint density at radius 3 is 2.59 bits per heavy atom. The van der Waals surface area contributed by atoms with Crippen LogP contribution in [-0.4, -0.2) is 9.97 Å². The largest absolute Gasteiger partial charge is 0.437 e. The summed E-state index contributed by atoms with van der Waals surface area (Å²) < 4.78 is 6.82. The Hall–Kier alpha value is -0.360. The Morgan fingerprint density at radius 1 is 1.12 bits per heavy atom. The molecule has 0 aliphatic rings. The summed E-state index contributed by atoms with van der Waals surface area (Å²) in [6.07, 6.45) is 1.33. The van der Waals surface area contributed by atoms with Crippen molar-refractivity contribution in [3.63, 3.8) is 0 Å². The lowest BCUT2D eigenvalue weighted by Crippen LogP contribution is -1.92. The van der Waals surface area contributed by atoms with Crippen LogP contribution in [-0.2, 0) is 0 Å². The summed E-state index contributed by atoms with van der Waals surface area (Å²) in [5.41, 5.74) is 0. The van der Waals surface area contributed by atoms with Gasteiger partial charge in [0.25, 0.3) is 0 Å². The van der Waals surface area contributed by atoms with E-state index in [9.17, 15) is 0 Å². The van der Waals surface area contributed by atoms with Crippen molar-refractivity contribution in [3.05, 3.63) is 43.6 Å². The highest BCUT2D eigenvalue weighted by Gasteiger charge is 2.11. The summed E-state index contributed by atoms with van der Waals surface area (Å²) in [7, 11) is 0. The Labute approximate surface area is 124 Å². The maximum Gasteiger partial charge on any atom is 0.238 e. The van der Waals surface area contributed by atoms with Gasteiger partial charge < -0.3 is 4.74 Å². The minimum atomic E-state index is 0.292. The van der Waals surface area contributed by atoms with E-state index in [1.165, 1.54) is 6.33 Å². The third kappa shape index (κ3) is 3.10. The van der Waals surface area contributed by atoms with Crippen molar-refractivity contribution in [1.29, 1.82) is 0 Å². The smallest absolute Gasteiger partial charge is 0.238 e. The summed E-state index contributed by atoms with van der Waals surface area (Å²) in [6.45, 7) is 0. The van der Waals surface area contributed by atoms with Crippen LogP contribution in [0.2, 0.25) is 10.2 Å². The number of rotatable bonds is 2. The first kappa shape index (κ1) is 13.1. The minimum absolute atomic E-state index is 0.292. The molecule has 0 aliphatic carbocycles. The van der Waals surface area contributed by atoms with Crippen LogP contribution in [0.4, 0.5) is 0 Å². The number of halogens is 4. The van der Waals surface area contributed by atoms with Gasteiger partial charge >= 0.3 is 0 Å². The van der Waals surface area contributed by atoms with Crippen molar-refractivity contribution in [1.82, 2.24) is 9.97 Å². The molecule has 0 bridgehead atoms. The Bertz CT molecular complexity index is 566. The highest BCUT2D eigenvalue weighted by atomic mass is 79.9. The van der Waals surface area contributed by atoms with Crippen LogP contribution in [0.1, 0.15) is 0 Å². The van der Waals surface area contributed by atoms with Crippen molar-refractivity contribution in [3.8, 4) is 11.6 Å². The van der Waals surface area contributed by atoms with E-state index in [0.717, 1.165) is 4.47 Å². The zero-order valence-corrected chi connectivity index (χ0v) is 12.8. The predicted octanol–water partition coefficient (Wildman–Crippen LogP) is 5.10. The molecule has 0 radical (unpaired) electrons. The van der Waals surface area contributed by atoms with Gasteiger partial charge in [-0.05, 0) is 50.1 Å². The standard InChI is InChI=1S/C10H4Br2Cl2N2O/c11-6-3-5(13)1-2-7(6)17-10-8(12)9(14)15-4-16-10/h1-4H. The zero-order valence-electron chi connectivity index (χ0n) is 8.12. The van der Waals surface area contributed by atoms with E-state index < -0.39 is 0 Å². The Kier molecular flexibility index (Phi) is 4.25. The van der Waals surface area contributed by atoms with E-state index in [-0.39, 0.29) is 0 Å². The number of nitrogens with zero attached hydrogens (tertiary/aromatic N) is 2. The third-order valence-electron chi connectivity index (χ3n) is 1.82. The second-order valence-corrected chi connectivity index (χ2v) is 5.40. The summed E-state index contributed by atoms with van der Waals surface area (Å²) in [5, 5.41) is 0.907. The lowest BCUT2D eigenvalue weighted by atomic mass is 10.3. The molecule has 0 N–H and O–H groups in total. The van der Waals surface area contributed by atoms with Crippen LogP contribution in [0.5, 0.6) is 11.6 Å². The van der Waals surface area contributed by atoms with Gasteiger partial charge in [-0.25, -0.2) is 9.97 Å². The van der Waals surface area contributed by atoms with Gasteiger partial charge in [0.2, 0.25) is 5.88 Å². The molecule has 2 rings (SSSR count). The number of benzene rings is 1. The van der Waals surface area contributed by atoms with Gasteiger partial charge in [0.05, 0.1) is 4.47 Å². The zero-order chi connectivity index (χ0) is 12.4. The average Bonchev–Trinajstić information content (AvgIpc) is 2.28. The molecule has 1 heterocycles. The molecule has 0 atom stereocenters. The van der Waals surface area contributed by atoms with E-state index in [4.69, 9.17) is 27.9 Å². The van der Waals surface area contributed by atoms with Gasteiger partial charge in [0.15, 0.2) is 5.15 Å². The topological polar surface area (TPSA) is 35.0 Å². The molecule has 0 spiro atoms.